The number of hydrogen-bond donors (Lipinski definition) is 1. The summed E-state index contributed by atoms with van der Waals surface area (Å²) in [4.78, 5) is 13.7. The molecule has 2 aliphatic heterocycles. The monoisotopic (exact) mass is 231 g/mol. The molecule has 0 radical (unpaired) electrons. The van der Waals surface area contributed by atoms with Gasteiger partial charge in [0, 0.05) is 19.6 Å². The Bertz CT molecular complexity index is 468. The molecule has 0 saturated heterocycles. The van der Waals surface area contributed by atoms with E-state index in [0.717, 1.165) is 32.2 Å². The second-order valence-corrected chi connectivity index (χ2v) is 4.89. The Labute approximate surface area is 101 Å². The molecule has 0 bridgehead atoms. The second-order valence-electron chi connectivity index (χ2n) is 4.89. The molecule has 0 aliphatic carbocycles. The fourth-order valence-electron chi connectivity index (χ4n) is 2.96. The number of aliphatic hydroxyl groups is 1. The molecule has 0 aromatic heterocycles. The Morgan fingerprint density at radius 3 is 2.71 bits per heavy atom. The van der Waals surface area contributed by atoms with E-state index in [4.69, 9.17) is 5.11 Å². The van der Waals surface area contributed by atoms with E-state index in [2.05, 4.69) is 12.1 Å². The highest BCUT2D eigenvalue weighted by Crippen LogP contribution is 2.37. The van der Waals surface area contributed by atoms with Gasteiger partial charge in [0.25, 0.3) is 0 Å². The first kappa shape index (κ1) is 10.8. The van der Waals surface area contributed by atoms with E-state index < -0.39 is 0 Å². The van der Waals surface area contributed by atoms with E-state index in [1.807, 2.05) is 4.90 Å². The number of aliphatic hydroxyl groups excluding tert-OH is 1. The summed E-state index contributed by atoms with van der Waals surface area (Å²) < 4.78 is 0. The number of carbonyl (C=O) groups is 1. The number of benzene rings is 1. The number of hydrogen-bond acceptors (Lipinski definition) is 2. The maximum absolute atomic E-state index is 11.8. The van der Waals surface area contributed by atoms with Crippen LogP contribution >= 0.6 is 0 Å². The highest BCUT2D eigenvalue weighted by molar-refractivity contribution is 5.98. The van der Waals surface area contributed by atoms with Gasteiger partial charge in [-0.15, -0.1) is 0 Å². The number of nitrogens with zero attached hydrogens (tertiary/aromatic N) is 1. The van der Waals surface area contributed by atoms with Crippen LogP contribution in [-0.4, -0.2) is 24.2 Å². The maximum Gasteiger partial charge on any atom is 0.227 e. The molecule has 0 fully saturated rings. The Kier molecular flexibility index (Phi) is 2.63. The lowest BCUT2D eigenvalue weighted by Gasteiger charge is -2.25. The molecule has 3 heteroatoms. The van der Waals surface area contributed by atoms with Crippen molar-refractivity contribution in [1.82, 2.24) is 0 Å². The van der Waals surface area contributed by atoms with E-state index in [-0.39, 0.29) is 12.5 Å². The van der Waals surface area contributed by atoms with Crippen molar-refractivity contribution < 1.29 is 9.90 Å². The van der Waals surface area contributed by atoms with Crippen molar-refractivity contribution >= 4 is 11.6 Å². The summed E-state index contributed by atoms with van der Waals surface area (Å²) in [6.07, 6.45) is 4.27. The molecular formula is C14H17NO2. The zero-order valence-electron chi connectivity index (χ0n) is 9.91. The van der Waals surface area contributed by atoms with Crippen LogP contribution in [-0.2, 0) is 24.1 Å². The SMILES string of the molecule is O=C1CCc2cc(CCCO)cc3c2N1CC3. The molecular weight excluding hydrogens is 214 g/mol. The lowest BCUT2D eigenvalue weighted by Crippen LogP contribution is -2.32. The van der Waals surface area contributed by atoms with Gasteiger partial charge in [-0.3, -0.25) is 4.79 Å². The molecule has 1 amide bonds. The van der Waals surface area contributed by atoms with Crippen LogP contribution in [0.5, 0.6) is 0 Å². The highest BCUT2D eigenvalue weighted by atomic mass is 16.2. The third kappa shape index (κ3) is 1.75. The quantitative estimate of drug-likeness (QED) is 0.855. The fraction of sp³-hybridized carbons (Fsp3) is 0.500. The number of rotatable bonds is 3. The van der Waals surface area contributed by atoms with E-state index >= 15 is 0 Å². The molecule has 0 saturated carbocycles. The van der Waals surface area contributed by atoms with Crippen molar-refractivity contribution in [2.45, 2.75) is 32.1 Å². The third-order valence-electron chi connectivity index (χ3n) is 3.74. The van der Waals surface area contributed by atoms with Crippen molar-refractivity contribution in [1.29, 1.82) is 0 Å². The van der Waals surface area contributed by atoms with Crippen LogP contribution in [0, 0.1) is 0 Å². The fourth-order valence-corrected chi connectivity index (χ4v) is 2.96. The van der Waals surface area contributed by atoms with E-state index in [9.17, 15) is 4.79 Å². The molecule has 1 aromatic carbocycles. The molecule has 1 N–H and O–H groups in total. The molecule has 0 unspecified atom stereocenters. The van der Waals surface area contributed by atoms with Crippen molar-refractivity contribution in [2.24, 2.45) is 0 Å². The lowest BCUT2D eigenvalue weighted by atomic mass is 9.95. The minimum absolute atomic E-state index is 0.247. The van der Waals surface area contributed by atoms with Crippen molar-refractivity contribution in [3.63, 3.8) is 0 Å². The molecule has 0 atom stereocenters. The van der Waals surface area contributed by atoms with Crippen molar-refractivity contribution in [3.8, 4) is 0 Å². The van der Waals surface area contributed by atoms with Gasteiger partial charge in [-0.25, -0.2) is 0 Å². The van der Waals surface area contributed by atoms with Gasteiger partial charge in [-0.05, 0) is 42.4 Å². The second kappa shape index (κ2) is 4.15. The summed E-state index contributed by atoms with van der Waals surface area (Å²) in [6, 6.07) is 4.44. The standard InChI is InChI=1S/C14H17NO2/c16-7-1-2-10-8-11-3-4-13(17)15-6-5-12(9-10)14(11)15/h8-9,16H,1-7H2. The summed E-state index contributed by atoms with van der Waals surface area (Å²) in [7, 11) is 0. The minimum atomic E-state index is 0.247. The summed E-state index contributed by atoms with van der Waals surface area (Å²) >= 11 is 0. The van der Waals surface area contributed by atoms with Crippen molar-refractivity contribution in [2.75, 3.05) is 18.1 Å². The minimum Gasteiger partial charge on any atom is -0.396 e. The topological polar surface area (TPSA) is 40.5 Å². The van der Waals surface area contributed by atoms with Crippen molar-refractivity contribution in [3.05, 3.63) is 28.8 Å². The number of amides is 1. The van der Waals surface area contributed by atoms with Gasteiger partial charge < -0.3 is 10.0 Å². The molecule has 90 valence electrons. The average molecular weight is 231 g/mol. The molecule has 2 heterocycles. The number of aryl methyl sites for hydroxylation is 2. The van der Waals surface area contributed by atoms with Crippen LogP contribution in [0.2, 0.25) is 0 Å². The first-order chi connectivity index (χ1) is 8.29. The van der Waals surface area contributed by atoms with Gasteiger partial charge in [0.15, 0.2) is 0 Å². The average Bonchev–Trinajstić information content (AvgIpc) is 2.76. The predicted octanol–water partition coefficient (Wildman–Crippen LogP) is 1.45. The summed E-state index contributed by atoms with van der Waals surface area (Å²) in [5, 5.41) is 8.88. The van der Waals surface area contributed by atoms with Gasteiger partial charge in [0.1, 0.15) is 0 Å². The van der Waals surface area contributed by atoms with Gasteiger partial charge in [-0.2, -0.15) is 0 Å². The Balaban J connectivity index is 1.98. The third-order valence-corrected chi connectivity index (χ3v) is 3.74. The van der Waals surface area contributed by atoms with Crippen LogP contribution in [0.1, 0.15) is 29.5 Å². The first-order valence-electron chi connectivity index (χ1n) is 6.35. The van der Waals surface area contributed by atoms with Crippen LogP contribution in [0.15, 0.2) is 12.1 Å². The predicted molar refractivity (Wildman–Crippen MR) is 66.2 cm³/mol. The molecule has 2 aliphatic rings. The smallest absolute Gasteiger partial charge is 0.227 e. The van der Waals surface area contributed by atoms with Gasteiger partial charge in [0.05, 0.1) is 5.69 Å². The van der Waals surface area contributed by atoms with Gasteiger partial charge in [0.2, 0.25) is 5.91 Å². The molecule has 17 heavy (non-hydrogen) atoms. The normalized spacial score (nSPS) is 17.5. The van der Waals surface area contributed by atoms with E-state index in [1.54, 1.807) is 0 Å². The van der Waals surface area contributed by atoms with Crippen LogP contribution in [0.4, 0.5) is 5.69 Å². The zero-order valence-corrected chi connectivity index (χ0v) is 9.91. The lowest BCUT2D eigenvalue weighted by molar-refractivity contribution is -0.118. The summed E-state index contributed by atoms with van der Waals surface area (Å²) in [6.45, 7) is 1.10. The summed E-state index contributed by atoms with van der Waals surface area (Å²) in [5.41, 5.74) is 5.15. The largest absolute Gasteiger partial charge is 0.396 e. The van der Waals surface area contributed by atoms with Gasteiger partial charge in [-0.1, -0.05) is 12.1 Å². The Morgan fingerprint density at radius 1 is 1.18 bits per heavy atom. The summed E-state index contributed by atoms with van der Waals surface area (Å²) in [5.74, 6) is 0.277. The van der Waals surface area contributed by atoms with Crippen LogP contribution in [0.3, 0.4) is 0 Å². The van der Waals surface area contributed by atoms with Crippen LogP contribution < -0.4 is 4.90 Å². The molecule has 3 nitrogen and oxygen atoms in total. The number of anilines is 1. The number of carbonyl (C=O) groups excluding carboxylic acids is 1. The Morgan fingerprint density at radius 2 is 1.94 bits per heavy atom. The zero-order chi connectivity index (χ0) is 11.8. The molecule has 3 rings (SSSR count). The molecule has 0 spiro atoms. The molecule has 1 aromatic rings. The maximum atomic E-state index is 11.8. The Hall–Kier alpha value is -1.35. The van der Waals surface area contributed by atoms with E-state index in [0.29, 0.717) is 6.42 Å². The first-order valence-corrected chi connectivity index (χ1v) is 6.35. The van der Waals surface area contributed by atoms with Crippen LogP contribution in [0.25, 0.3) is 0 Å². The highest BCUT2D eigenvalue weighted by Gasteiger charge is 2.31. The van der Waals surface area contributed by atoms with Gasteiger partial charge >= 0.3 is 0 Å². The van der Waals surface area contributed by atoms with E-state index in [1.165, 1.54) is 22.4 Å².